The van der Waals surface area contributed by atoms with Gasteiger partial charge in [-0.3, -0.25) is 24.0 Å². The summed E-state index contributed by atoms with van der Waals surface area (Å²) in [4.78, 5) is 111. The predicted octanol–water partition coefficient (Wildman–Crippen LogP) is 7.19. The average Bonchev–Trinajstić information content (AvgIpc) is 3.47. The first kappa shape index (κ1) is 68.4. The molecule has 81 heavy (non-hydrogen) atoms. The summed E-state index contributed by atoms with van der Waals surface area (Å²) in [6, 6.07) is -2.39. The summed E-state index contributed by atoms with van der Waals surface area (Å²) in [5, 5.41) is 26.2. The number of carbonyl (C=O) groups excluding carboxylic acids is 8. The molecule has 0 radical (unpaired) electrons. The minimum atomic E-state index is -2.49. The molecular formula is C61H94N2O18. The van der Waals surface area contributed by atoms with Gasteiger partial charge in [-0.05, 0) is 127 Å². The molecule has 0 aromatic heterocycles. The van der Waals surface area contributed by atoms with Crippen molar-refractivity contribution in [2.24, 2.45) is 35.5 Å². The lowest BCUT2D eigenvalue weighted by Gasteiger charge is -2.42. The summed E-state index contributed by atoms with van der Waals surface area (Å²) < 4.78 is 45.7. The molecule has 3 fully saturated rings. The fourth-order valence-electron chi connectivity index (χ4n) is 11.5. The Morgan fingerprint density at radius 3 is 2.22 bits per heavy atom. The number of allylic oxidation sites excluding steroid dienone is 6. The molecule has 2 bridgehead atoms. The monoisotopic (exact) mass is 1140 g/mol. The summed E-state index contributed by atoms with van der Waals surface area (Å²) in [7, 11) is 4.40. The molecule has 0 spiro atoms. The second-order valence-electron chi connectivity index (χ2n) is 22.8. The van der Waals surface area contributed by atoms with Crippen LogP contribution in [0.2, 0.25) is 0 Å². The Labute approximate surface area is 479 Å². The molecule has 2 amide bonds. The van der Waals surface area contributed by atoms with Crippen molar-refractivity contribution in [1.82, 2.24) is 10.2 Å². The van der Waals surface area contributed by atoms with Crippen molar-refractivity contribution in [3.8, 4) is 0 Å². The van der Waals surface area contributed by atoms with E-state index in [9.17, 15) is 48.6 Å². The summed E-state index contributed by atoms with van der Waals surface area (Å²) in [6.07, 6.45) is 8.09. The van der Waals surface area contributed by atoms with Crippen molar-refractivity contribution in [2.75, 3.05) is 41.1 Å². The standard InChI is InChI=1S/C61H94N2O18/c1-13-77-52(65)28-26-45(58(70)78-14-2)62-60(72)80-48-27-24-43(33-51(48)75-11)32-39(6)50-35-47(64)38(5)31-41(8)54(67)55(76-12)53(66)40(7)30-36(3)20-16-15-17-21-37(4)49(74-10)34-44-25-23-42(9)61(73,81-44)56(68)57(69)63-29-19-18-22-46(63)59(71)79-50/h15-17,20-21,31,36,38-40,42-46,48-51,54-55,67,73H,13-14,18-19,22-30,32-35H2,1-12H3,(H,62,72)/b17-15+,20-16+,37-21+,41-31+/t36?,38?,39?,40-,42-,43?,44?,45?,46+,48-,49?,50?,51?,54-,55?,61-/m1/s1. The van der Waals surface area contributed by atoms with Crippen LogP contribution in [0.3, 0.4) is 0 Å². The number of fused-ring (bicyclic) bond motifs is 3. The first-order valence-corrected chi connectivity index (χ1v) is 29.2. The highest BCUT2D eigenvalue weighted by Gasteiger charge is 2.53. The quantitative estimate of drug-likeness (QED) is 0.0672. The van der Waals surface area contributed by atoms with E-state index in [4.69, 9.17) is 37.9 Å². The van der Waals surface area contributed by atoms with E-state index in [2.05, 4.69) is 5.32 Å². The van der Waals surface area contributed by atoms with E-state index in [0.29, 0.717) is 63.4 Å². The van der Waals surface area contributed by atoms with Gasteiger partial charge in [0.05, 0.1) is 31.5 Å². The van der Waals surface area contributed by atoms with Gasteiger partial charge in [0, 0.05) is 64.9 Å². The minimum Gasteiger partial charge on any atom is -0.466 e. The van der Waals surface area contributed by atoms with Crippen LogP contribution in [-0.2, 0) is 71.5 Å². The number of aliphatic hydroxyl groups is 2. The molecule has 2 saturated heterocycles. The average molecular weight is 1140 g/mol. The number of amides is 2. The highest BCUT2D eigenvalue weighted by Crippen LogP contribution is 2.38. The lowest BCUT2D eigenvalue weighted by Crippen LogP contribution is -2.61. The minimum absolute atomic E-state index is 0.0194. The molecule has 10 unspecified atom stereocenters. The van der Waals surface area contributed by atoms with Crippen LogP contribution in [0.25, 0.3) is 0 Å². The lowest BCUT2D eigenvalue weighted by atomic mass is 9.78. The van der Waals surface area contributed by atoms with Crippen LogP contribution < -0.4 is 5.32 Å². The molecule has 20 nitrogen and oxygen atoms in total. The number of rotatable bonds is 14. The van der Waals surface area contributed by atoms with Crippen LogP contribution in [0.5, 0.6) is 0 Å². The molecule has 3 aliphatic heterocycles. The SMILES string of the molecule is CCOC(=O)CCC(NC(=O)O[C@@H]1CCC(CC(C)C2CC(=O)C(C)/C=C(\C)[C@@H](O)C(OC)C(=O)[C@H](C)CC(C)/C=C/C=C/C=C(\C)C(OC)CC3CC[C@@H](C)[C@@](O)(O3)C(=O)C(=O)N3CCCC[C@H]3C(=O)O2)CC1OC)C(=O)OCC. The van der Waals surface area contributed by atoms with Gasteiger partial charge in [-0.25, -0.2) is 14.4 Å². The molecule has 3 N–H and O–H groups in total. The Hall–Kier alpha value is -5.12. The summed E-state index contributed by atoms with van der Waals surface area (Å²) in [6.45, 7) is 16.0. The van der Waals surface area contributed by atoms with Gasteiger partial charge >= 0.3 is 24.0 Å². The van der Waals surface area contributed by atoms with E-state index in [1.165, 1.54) is 14.2 Å². The molecule has 1 aliphatic carbocycles. The van der Waals surface area contributed by atoms with Crippen LogP contribution in [0.4, 0.5) is 4.79 Å². The number of ketones is 3. The summed E-state index contributed by atoms with van der Waals surface area (Å²) in [5.41, 5.74) is 1.19. The molecular weight excluding hydrogens is 1050 g/mol. The van der Waals surface area contributed by atoms with Gasteiger partial charge < -0.3 is 58.3 Å². The van der Waals surface area contributed by atoms with Crippen LogP contribution >= 0.6 is 0 Å². The van der Waals surface area contributed by atoms with Crippen molar-refractivity contribution in [3.63, 3.8) is 0 Å². The van der Waals surface area contributed by atoms with Gasteiger partial charge in [0.25, 0.3) is 11.7 Å². The number of nitrogens with one attached hydrogen (secondary N) is 1. The van der Waals surface area contributed by atoms with Crippen molar-refractivity contribution in [3.05, 3.63) is 47.6 Å². The molecule has 20 heteroatoms. The third-order valence-electron chi connectivity index (χ3n) is 16.5. The summed E-state index contributed by atoms with van der Waals surface area (Å²) >= 11 is 0. The smallest absolute Gasteiger partial charge is 0.408 e. The zero-order valence-electron chi connectivity index (χ0n) is 50.0. The van der Waals surface area contributed by atoms with Gasteiger partial charge in [0.15, 0.2) is 5.78 Å². The topological polar surface area (TPSA) is 266 Å². The molecule has 4 aliphatic rings. The van der Waals surface area contributed by atoms with E-state index < -0.39 is 120 Å². The predicted molar refractivity (Wildman–Crippen MR) is 299 cm³/mol. The molecule has 3 heterocycles. The van der Waals surface area contributed by atoms with Crippen LogP contribution in [0, 0.1) is 35.5 Å². The van der Waals surface area contributed by atoms with Crippen molar-refractivity contribution in [1.29, 1.82) is 0 Å². The highest BCUT2D eigenvalue weighted by atomic mass is 16.6. The summed E-state index contributed by atoms with van der Waals surface area (Å²) in [5.74, 6) is -10.1. The number of methoxy groups -OCH3 is 3. The first-order chi connectivity index (χ1) is 38.4. The Bertz CT molecular complexity index is 2260. The van der Waals surface area contributed by atoms with Crippen molar-refractivity contribution < 1.29 is 86.5 Å². The Morgan fingerprint density at radius 1 is 0.840 bits per heavy atom. The number of aliphatic hydroxyl groups excluding tert-OH is 1. The number of cyclic esters (lactones) is 1. The number of ether oxygens (including phenoxy) is 8. The number of hydrogen-bond acceptors (Lipinski definition) is 18. The second-order valence-corrected chi connectivity index (χ2v) is 22.8. The normalized spacial score (nSPS) is 34.9. The number of esters is 3. The fourth-order valence-corrected chi connectivity index (χ4v) is 11.5. The highest BCUT2D eigenvalue weighted by molar-refractivity contribution is 6.39. The van der Waals surface area contributed by atoms with E-state index in [1.54, 1.807) is 54.7 Å². The third kappa shape index (κ3) is 19.8. The molecule has 1 saturated carbocycles. The van der Waals surface area contributed by atoms with Crippen molar-refractivity contribution in [2.45, 2.75) is 213 Å². The molecule has 4 rings (SSSR count). The van der Waals surface area contributed by atoms with Gasteiger partial charge in [-0.2, -0.15) is 0 Å². The number of hydrogen-bond donors (Lipinski definition) is 3. The van der Waals surface area contributed by atoms with E-state index >= 15 is 0 Å². The number of Topliss-reactive ketones (excluding diaryl/α,β-unsaturated/α-hetero) is 3. The number of alkyl carbamates (subject to hydrolysis) is 1. The lowest BCUT2D eigenvalue weighted by molar-refractivity contribution is -0.265. The first-order valence-electron chi connectivity index (χ1n) is 29.2. The fraction of sp³-hybridized carbons (Fsp3) is 0.738. The van der Waals surface area contributed by atoms with Crippen LogP contribution in [-0.4, -0.2) is 164 Å². The maximum atomic E-state index is 14.6. The Morgan fingerprint density at radius 2 is 1.56 bits per heavy atom. The van der Waals surface area contributed by atoms with Gasteiger partial charge in [0.1, 0.15) is 42.3 Å². The van der Waals surface area contributed by atoms with Crippen LogP contribution in [0.15, 0.2) is 47.6 Å². The maximum Gasteiger partial charge on any atom is 0.408 e. The third-order valence-corrected chi connectivity index (χ3v) is 16.5. The number of nitrogens with zero attached hydrogens (tertiary/aromatic N) is 1. The van der Waals surface area contributed by atoms with Gasteiger partial charge in [-0.1, -0.05) is 71.1 Å². The molecule has 16 atom stereocenters. The van der Waals surface area contributed by atoms with Crippen LogP contribution in [0.1, 0.15) is 152 Å². The number of piperidine rings is 1. The zero-order valence-corrected chi connectivity index (χ0v) is 50.0. The molecule has 456 valence electrons. The zero-order chi connectivity index (χ0) is 60.1. The maximum absolute atomic E-state index is 14.6. The molecule has 0 aromatic carbocycles. The largest absolute Gasteiger partial charge is 0.466 e. The van der Waals surface area contributed by atoms with Gasteiger partial charge in [0.2, 0.25) is 5.79 Å². The van der Waals surface area contributed by atoms with E-state index in [0.717, 1.165) is 10.5 Å². The molecule has 0 aromatic rings. The van der Waals surface area contributed by atoms with E-state index in [-0.39, 0.29) is 75.3 Å². The van der Waals surface area contributed by atoms with E-state index in [1.807, 2.05) is 51.2 Å². The number of carbonyl (C=O) groups is 8. The Balaban J connectivity index is 1.65. The van der Waals surface area contributed by atoms with Gasteiger partial charge in [-0.15, -0.1) is 0 Å². The van der Waals surface area contributed by atoms with Crippen molar-refractivity contribution >= 4 is 47.3 Å². The second kappa shape index (κ2) is 33.2. The Kier molecular flexibility index (Phi) is 28.1.